The minimum atomic E-state index is -0.666. The molecule has 2 aromatic rings. The van der Waals surface area contributed by atoms with E-state index >= 15 is 0 Å². The number of ether oxygens (including phenoxy) is 1. The summed E-state index contributed by atoms with van der Waals surface area (Å²) in [7, 11) is 0. The molecule has 0 bridgehead atoms. The van der Waals surface area contributed by atoms with E-state index in [0.29, 0.717) is 12.3 Å². The highest BCUT2D eigenvalue weighted by Crippen LogP contribution is 2.29. The number of nitrogens with zero attached hydrogens (tertiary/aromatic N) is 5. The van der Waals surface area contributed by atoms with Crippen molar-refractivity contribution in [3.63, 3.8) is 0 Å². The molecule has 0 fully saturated rings. The Balaban J connectivity index is 2.36. The number of nitro groups is 1. The van der Waals surface area contributed by atoms with Crippen LogP contribution >= 0.6 is 0 Å². The molecule has 3 N–H and O–H groups in total. The van der Waals surface area contributed by atoms with Crippen LogP contribution in [0.2, 0.25) is 0 Å². The third kappa shape index (κ3) is 3.05. The second-order valence-electron chi connectivity index (χ2n) is 3.92. The van der Waals surface area contributed by atoms with Crippen LogP contribution in [0.15, 0.2) is 29.8 Å². The maximum absolute atomic E-state index is 11.1. The largest absolute Gasteiger partial charge is 0.430 e. The van der Waals surface area contributed by atoms with Gasteiger partial charge in [-0.2, -0.15) is 5.10 Å². The minimum Gasteiger partial charge on any atom is -0.430 e. The summed E-state index contributed by atoms with van der Waals surface area (Å²) in [4.78, 5) is 14.2. The van der Waals surface area contributed by atoms with Crippen molar-refractivity contribution in [1.29, 1.82) is 0 Å². The second-order valence-corrected chi connectivity index (χ2v) is 3.92. The molecule has 21 heavy (non-hydrogen) atoms. The Morgan fingerprint density at radius 2 is 2.38 bits per heavy atom. The van der Waals surface area contributed by atoms with E-state index in [-0.39, 0.29) is 17.3 Å². The first kappa shape index (κ1) is 14.2. The summed E-state index contributed by atoms with van der Waals surface area (Å²) in [6.45, 7) is 2.53. The molecule has 2 heterocycles. The number of amidine groups is 1. The van der Waals surface area contributed by atoms with E-state index in [4.69, 9.17) is 15.7 Å². The zero-order chi connectivity index (χ0) is 15.4. The molecule has 0 aliphatic carbocycles. The van der Waals surface area contributed by atoms with Crippen molar-refractivity contribution in [3.05, 3.63) is 40.3 Å². The summed E-state index contributed by atoms with van der Waals surface area (Å²) in [6, 6.07) is 1.11. The van der Waals surface area contributed by atoms with Gasteiger partial charge in [-0.05, 0) is 6.92 Å². The van der Waals surface area contributed by atoms with Crippen LogP contribution in [0.4, 0.5) is 5.69 Å². The fourth-order valence-corrected chi connectivity index (χ4v) is 1.53. The number of hydrogen-bond donors (Lipinski definition) is 2. The van der Waals surface area contributed by atoms with Gasteiger partial charge >= 0.3 is 5.69 Å². The smallest absolute Gasteiger partial charge is 0.332 e. The molecule has 0 aliphatic heterocycles. The quantitative estimate of drug-likeness (QED) is 0.276. The predicted octanol–water partition coefficient (Wildman–Crippen LogP) is 1.09. The molecule has 0 saturated heterocycles. The third-order valence-corrected chi connectivity index (χ3v) is 2.58. The SMILES string of the molecule is CCn1cc(Oc2ncc(/C(N)=N/O)cc2[N+](=O)[O-])cn1. The van der Waals surface area contributed by atoms with Crippen LogP contribution in [0.3, 0.4) is 0 Å². The summed E-state index contributed by atoms with van der Waals surface area (Å²) in [6.07, 6.45) is 4.22. The molecule has 0 amide bonds. The van der Waals surface area contributed by atoms with Crippen molar-refractivity contribution >= 4 is 11.5 Å². The van der Waals surface area contributed by atoms with Gasteiger partial charge in [0.05, 0.1) is 17.3 Å². The number of oxime groups is 1. The molecular formula is C11H12N6O4. The topological polar surface area (TPSA) is 142 Å². The number of pyridine rings is 1. The van der Waals surface area contributed by atoms with Gasteiger partial charge in [0.1, 0.15) is 0 Å². The molecule has 110 valence electrons. The van der Waals surface area contributed by atoms with Crippen LogP contribution in [0.1, 0.15) is 12.5 Å². The van der Waals surface area contributed by atoms with Gasteiger partial charge in [0.2, 0.25) is 0 Å². The summed E-state index contributed by atoms with van der Waals surface area (Å²) < 4.78 is 6.95. The Bertz CT molecular complexity index is 696. The highest BCUT2D eigenvalue weighted by atomic mass is 16.6. The molecule has 0 spiro atoms. The van der Waals surface area contributed by atoms with Crippen molar-refractivity contribution < 1.29 is 14.9 Å². The van der Waals surface area contributed by atoms with E-state index in [0.717, 1.165) is 6.07 Å². The Morgan fingerprint density at radius 1 is 1.62 bits per heavy atom. The zero-order valence-electron chi connectivity index (χ0n) is 11.0. The number of rotatable bonds is 5. The Labute approximate surface area is 118 Å². The maximum Gasteiger partial charge on any atom is 0.332 e. The lowest BCUT2D eigenvalue weighted by Gasteiger charge is -2.04. The predicted molar refractivity (Wildman–Crippen MR) is 71.4 cm³/mol. The van der Waals surface area contributed by atoms with Crippen molar-refractivity contribution in [2.45, 2.75) is 13.5 Å². The van der Waals surface area contributed by atoms with Gasteiger partial charge in [0.15, 0.2) is 11.6 Å². The van der Waals surface area contributed by atoms with E-state index in [1.54, 1.807) is 10.9 Å². The monoisotopic (exact) mass is 292 g/mol. The van der Waals surface area contributed by atoms with Gasteiger partial charge in [-0.3, -0.25) is 14.8 Å². The summed E-state index contributed by atoms with van der Waals surface area (Å²) in [5, 5.41) is 26.4. The molecule has 0 atom stereocenters. The first-order valence-corrected chi connectivity index (χ1v) is 5.87. The normalized spacial score (nSPS) is 11.4. The first-order chi connectivity index (χ1) is 10.0. The van der Waals surface area contributed by atoms with Gasteiger partial charge < -0.3 is 15.7 Å². The average molecular weight is 292 g/mol. The van der Waals surface area contributed by atoms with Crippen LogP contribution in [0.5, 0.6) is 11.6 Å². The van der Waals surface area contributed by atoms with E-state index in [1.807, 2.05) is 6.92 Å². The first-order valence-electron chi connectivity index (χ1n) is 5.87. The molecule has 0 aliphatic rings. The van der Waals surface area contributed by atoms with Crippen LogP contribution < -0.4 is 10.5 Å². The number of hydrogen-bond acceptors (Lipinski definition) is 7. The third-order valence-electron chi connectivity index (χ3n) is 2.58. The fraction of sp³-hybridized carbons (Fsp3) is 0.182. The Kier molecular flexibility index (Phi) is 3.97. The van der Waals surface area contributed by atoms with E-state index < -0.39 is 10.6 Å². The van der Waals surface area contributed by atoms with Crippen LogP contribution in [-0.2, 0) is 6.54 Å². The number of aryl methyl sites for hydroxylation is 1. The summed E-state index contributed by atoms with van der Waals surface area (Å²) >= 11 is 0. The molecule has 0 saturated carbocycles. The van der Waals surface area contributed by atoms with Crippen molar-refractivity contribution in [2.24, 2.45) is 10.9 Å². The summed E-state index contributed by atoms with van der Waals surface area (Å²) in [5.74, 6) is -0.162. The fourth-order valence-electron chi connectivity index (χ4n) is 1.53. The average Bonchev–Trinajstić information content (AvgIpc) is 2.94. The van der Waals surface area contributed by atoms with E-state index in [2.05, 4.69) is 15.2 Å². The van der Waals surface area contributed by atoms with Crippen LogP contribution in [0.25, 0.3) is 0 Å². The Hall–Kier alpha value is -3.17. The second kappa shape index (κ2) is 5.86. The van der Waals surface area contributed by atoms with E-state index in [1.165, 1.54) is 12.4 Å². The Morgan fingerprint density at radius 3 is 2.95 bits per heavy atom. The van der Waals surface area contributed by atoms with Crippen LogP contribution in [0, 0.1) is 10.1 Å². The molecular weight excluding hydrogens is 280 g/mol. The number of nitrogens with two attached hydrogens (primary N) is 1. The van der Waals surface area contributed by atoms with Crippen molar-refractivity contribution in [2.75, 3.05) is 0 Å². The van der Waals surface area contributed by atoms with Crippen LogP contribution in [-0.4, -0.2) is 30.7 Å². The zero-order valence-corrected chi connectivity index (χ0v) is 11.0. The highest BCUT2D eigenvalue weighted by Gasteiger charge is 2.20. The minimum absolute atomic E-state index is 0.112. The molecule has 10 nitrogen and oxygen atoms in total. The molecule has 2 rings (SSSR count). The lowest BCUT2D eigenvalue weighted by atomic mass is 10.2. The lowest BCUT2D eigenvalue weighted by Crippen LogP contribution is -2.14. The molecule has 2 aromatic heterocycles. The summed E-state index contributed by atoms with van der Waals surface area (Å²) in [5.41, 5.74) is 5.08. The molecule has 0 unspecified atom stereocenters. The molecule has 0 aromatic carbocycles. The van der Waals surface area contributed by atoms with Gasteiger partial charge in [-0.1, -0.05) is 5.16 Å². The van der Waals surface area contributed by atoms with E-state index in [9.17, 15) is 10.1 Å². The van der Waals surface area contributed by atoms with Gasteiger partial charge in [0.25, 0.3) is 5.88 Å². The highest BCUT2D eigenvalue weighted by molar-refractivity contribution is 5.97. The number of aromatic nitrogens is 3. The lowest BCUT2D eigenvalue weighted by molar-refractivity contribution is -0.386. The standard InChI is InChI=1S/C11H12N6O4/c1-2-16-6-8(5-14-16)21-11-9(17(19)20)3-7(4-13-11)10(12)15-18/h3-6,18H,2H2,1H3,(H2,12,15). The molecule has 0 radical (unpaired) electrons. The van der Waals surface area contributed by atoms with Crippen molar-refractivity contribution in [3.8, 4) is 11.6 Å². The maximum atomic E-state index is 11.1. The van der Waals surface area contributed by atoms with Crippen molar-refractivity contribution in [1.82, 2.24) is 14.8 Å². The van der Waals surface area contributed by atoms with Gasteiger partial charge in [-0.25, -0.2) is 4.98 Å². The van der Waals surface area contributed by atoms with Gasteiger partial charge in [0, 0.05) is 24.4 Å². The van der Waals surface area contributed by atoms with Gasteiger partial charge in [-0.15, -0.1) is 0 Å². The molecule has 10 heteroatoms.